The molecule has 166 valence electrons. The standard InChI is InChI=1S/C26H29N3O3/c1-2-3-16-27-26(31)21-12-9-13-22(17-21)28-18-25(30)29-23-14-7-8-15-24(23)32-19-20-10-5-4-6-11-20/h4-15,17,28H,2-3,16,18-19H2,1H3,(H,27,31)(H,29,30). The van der Waals surface area contributed by atoms with E-state index in [-0.39, 0.29) is 18.4 Å². The Balaban J connectivity index is 1.53. The number of para-hydroxylation sites is 2. The van der Waals surface area contributed by atoms with E-state index in [4.69, 9.17) is 4.74 Å². The summed E-state index contributed by atoms with van der Waals surface area (Å²) < 4.78 is 5.89. The van der Waals surface area contributed by atoms with Crippen LogP contribution in [0.1, 0.15) is 35.7 Å². The van der Waals surface area contributed by atoms with E-state index in [1.54, 1.807) is 24.3 Å². The van der Waals surface area contributed by atoms with Crippen molar-refractivity contribution in [3.63, 3.8) is 0 Å². The molecule has 0 atom stereocenters. The number of carbonyl (C=O) groups is 2. The summed E-state index contributed by atoms with van der Waals surface area (Å²) in [6, 6.07) is 24.3. The van der Waals surface area contributed by atoms with Crippen LogP contribution in [0.15, 0.2) is 78.9 Å². The zero-order chi connectivity index (χ0) is 22.6. The van der Waals surface area contributed by atoms with Crippen LogP contribution < -0.4 is 20.7 Å². The van der Waals surface area contributed by atoms with Gasteiger partial charge in [0.2, 0.25) is 5.91 Å². The molecule has 0 heterocycles. The van der Waals surface area contributed by atoms with Gasteiger partial charge in [-0.1, -0.05) is 61.9 Å². The fourth-order valence-electron chi connectivity index (χ4n) is 3.06. The predicted molar refractivity (Wildman–Crippen MR) is 128 cm³/mol. The van der Waals surface area contributed by atoms with E-state index in [1.165, 1.54) is 0 Å². The Labute approximate surface area is 189 Å². The summed E-state index contributed by atoms with van der Waals surface area (Å²) in [5.74, 6) is 0.282. The summed E-state index contributed by atoms with van der Waals surface area (Å²) in [5.41, 5.74) is 2.93. The largest absolute Gasteiger partial charge is 0.487 e. The number of nitrogens with one attached hydrogen (secondary N) is 3. The molecular formula is C26H29N3O3. The number of unbranched alkanes of at least 4 members (excludes halogenated alkanes) is 1. The van der Waals surface area contributed by atoms with Crippen LogP contribution in [-0.2, 0) is 11.4 Å². The van der Waals surface area contributed by atoms with Crippen LogP contribution in [0.4, 0.5) is 11.4 Å². The van der Waals surface area contributed by atoms with Crippen LogP contribution in [0.5, 0.6) is 5.75 Å². The Morgan fingerprint density at radius 1 is 0.906 bits per heavy atom. The van der Waals surface area contributed by atoms with Crippen LogP contribution in [0.25, 0.3) is 0 Å². The maximum Gasteiger partial charge on any atom is 0.251 e. The van der Waals surface area contributed by atoms with Crippen molar-refractivity contribution in [2.24, 2.45) is 0 Å². The van der Waals surface area contributed by atoms with Crippen molar-refractivity contribution in [1.29, 1.82) is 0 Å². The van der Waals surface area contributed by atoms with Crippen molar-refractivity contribution in [2.75, 3.05) is 23.7 Å². The number of hydrogen-bond donors (Lipinski definition) is 3. The molecule has 3 aromatic rings. The third-order valence-electron chi connectivity index (χ3n) is 4.79. The lowest BCUT2D eigenvalue weighted by Gasteiger charge is -2.13. The molecule has 0 saturated heterocycles. The van der Waals surface area contributed by atoms with E-state index in [0.29, 0.717) is 35.8 Å². The molecule has 3 N–H and O–H groups in total. The molecule has 0 aliphatic heterocycles. The molecule has 0 bridgehead atoms. The SMILES string of the molecule is CCCCNC(=O)c1cccc(NCC(=O)Nc2ccccc2OCc2ccccc2)c1. The molecule has 0 spiro atoms. The monoisotopic (exact) mass is 431 g/mol. The fraction of sp³-hybridized carbons (Fsp3) is 0.231. The zero-order valence-corrected chi connectivity index (χ0v) is 18.3. The predicted octanol–water partition coefficient (Wildman–Crippen LogP) is 4.85. The number of carbonyl (C=O) groups excluding carboxylic acids is 2. The highest BCUT2D eigenvalue weighted by atomic mass is 16.5. The Hall–Kier alpha value is -3.80. The quantitative estimate of drug-likeness (QED) is 0.379. The van der Waals surface area contributed by atoms with Crippen molar-refractivity contribution in [3.05, 3.63) is 90.0 Å². The normalized spacial score (nSPS) is 10.3. The lowest BCUT2D eigenvalue weighted by atomic mass is 10.2. The van der Waals surface area contributed by atoms with E-state index in [1.807, 2.05) is 54.6 Å². The Bertz CT molecular complexity index is 1020. The van der Waals surface area contributed by atoms with Gasteiger partial charge in [-0.2, -0.15) is 0 Å². The lowest BCUT2D eigenvalue weighted by molar-refractivity contribution is -0.114. The zero-order valence-electron chi connectivity index (χ0n) is 18.3. The summed E-state index contributed by atoms with van der Waals surface area (Å²) in [6.07, 6.45) is 1.97. The second kappa shape index (κ2) is 12.2. The van der Waals surface area contributed by atoms with Crippen LogP contribution in [0.2, 0.25) is 0 Å². The van der Waals surface area contributed by atoms with Crippen LogP contribution in [0, 0.1) is 0 Å². The maximum atomic E-state index is 12.5. The highest BCUT2D eigenvalue weighted by Crippen LogP contribution is 2.24. The number of ether oxygens (including phenoxy) is 1. The molecule has 6 nitrogen and oxygen atoms in total. The van der Waals surface area contributed by atoms with Gasteiger partial charge in [-0.25, -0.2) is 0 Å². The summed E-state index contributed by atoms with van der Waals surface area (Å²) in [4.78, 5) is 24.7. The molecule has 6 heteroatoms. The van der Waals surface area contributed by atoms with Crippen molar-refractivity contribution in [1.82, 2.24) is 5.32 Å². The minimum atomic E-state index is -0.210. The molecule has 2 amide bonds. The molecular weight excluding hydrogens is 402 g/mol. The number of anilines is 2. The molecule has 0 aromatic heterocycles. The molecule has 0 saturated carbocycles. The first-order chi connectivity index (χ1) is 15.7. The molecule has 0 aliphatic rings. The van der Waals surface area contributed by atoms with Gasteiger partial charge in [0.15, 0.2) is 0 Å². The number of benzene rings is 3. The highest BCUT2D eigenvalue weighted by Gasteiger charge is 2.09. The number of rotatable bonds is 11. The minimum Gasteiger partial charge on any atom is -0.487 e. The Kier molecular flexibility index (Phi) is 8.69. The summed E-state index contributed by atoms with van der Waals surface area (Å²) in [7, 11) is 0. The molecule has 0 unspecified atom stereocenters. The summed E-state index contributed by atoms with van der Waals surface area (Å²) >= 11 is 0. The average molecular weight is 432 g/mol. The maximum absolute atomic E-state index is 12.5. The van der Waals surface area contributed by atoms with Gasteiger partial charge in [0, 0.05) is 17.8 Å². The molecule has 32 heavy (non-hydrogen) atoms. The lowest BCUT2D eigenvalue weighted by Crippen LogP contribution is -2.25. The molecule has 0 aliphatic carbocycles. The van der Waals surface area contributed by atoms with Gasteiger partial charge < -0.3 is 20.7 Å². The van der Waals surface area contributed by atoms with E-state index in [2.05, 4.69) is 22.9 Å². The topological polar surface area (TPSA) is 79.5 Å². The van der Waals surface area contributed by atoms with Gasteiger partial charge in [0.05, 0.1) is 12.2 Å². The van der Waals surface area contributed by atoms with Crippen molar-refractivity contribution >= 4 is 23.2 Å². The third-order valence-corrected chi connectivity index (χ3v) is 4.79. The first kappa shape index (κ1) is 22.9. The molecule has 0 fully saturated rings. The van der Waals surface area contributed by atoms with E-state index < -0.39 is 0 Å². The smallest absolute Gasteiger partial charge is 0.251 e. The van der Waals surface area contributed by atoms with Gasteiger partial charge in [0.1, 0.15) is 12.4 Å². The van der Waals surface area contributed by atoms with Crippen molar-refractivity contribution in [2.45, 2.75) is 26.4 Å². The van der Waals surface area contributed by atoms with Gasteiger partial charge in [0.25, 0.3) is 5.91 Å². The molecule has 0 radical (unpaired) electrons. The van der Waals surface area contributed by atoms with Gasteiger partial charge >= 0.3 is 0 Å². The minimum absolute atomic E-state index is 0.0634. The average Bonchev–Trinajstić information content (AvgIpc) is 2.83. The highest BCUT2D eigenvalue weighted by molar-refractivity contribution is 5.96. The summed E-state index contributed by atoms with van der Waals surface area (Å²) in [5, 5.41) is 8.85. The van der Waals surface area contributed by atoms with Crippen molar-refractivity contribution in [3.8, 4) is 5.75 Å². The first-order valence-electron chi connectivity index (χ1n) is 10.8. The van der Waals surface area contributed by atoms with Gasteiger partial charge in [-0.05, 0) is 42.3 Å². The first-order valence-corrected chi connectivity index (χ1v) is 10.8. The van der Waals surface area contributed by atoms with E-state index in [0.717, 1.165) is 18.4 Å². The second-order valence-electron chi connectivity index (χ2n) is 7.36. The van der Waals surface area contributed by atoms with Crippen molar-refractivity contribution < 1.29 is 14.3 Å². The van der Waals surface area contributed by atoms with E-state index >= 15 is 0 Å². The molecule has 3 aromatic carbocycles. The van der Waals surface area contributed by atoms with E-state index in [9.17, 15) is 9.59 Å². The fourth-order valence-corrected chi connectivity index (χ4v) is 3.06. The third kappa shape index (κ3) is 7.16. The Morgan fingerprint density at radius 3 is 2.50 bits per heavy atom. The summed E-state index contributed by atoms with van der Waals surface area (Å²) in [6.45, 7) is 3.21. The van der Waals surface area contributed by atoms with Crippen LogP contribution in [0.3, 0.4) is 0 Å². The number of amides is 2. The number of hydrogen-bond acceptors (Lipinski definition) is 4. The van der Waals surface area contributed by atoms with Gasteiger partial charge in [-0.3, -0.25) is 9.59 Å². The second-order valence-corrected chi connectivity index (χ2v) is 7.36. The molecule has 3 rings (SSSR count). The van der Waals surface area contributed by atoms with Gasteiger partial charge in [-0.15, -0.1) is 0 Å². The van der Waals surface area contributed by atoms with Crippen LogP contribution >= 0.6 is 0 Å². The Morgan fingerprint density at radius 2 is 1.69 bits per heavy atom. The van der Waals surface area contributed by atoms with Crippen LogP contribution in [-0.4, -0.2) is 24.9 Å².